The first kappa shape index (κ1) is 30.9. The lowest BCUT2D eigenvalue weighted by atomic mass is 10.0. The summed E-state index contributed by atoms with van der Waals surface area (Å²) in [4.78, 5) is 23.3. The topological polar surface area (TPSA) is 52.6 Å². The maximum Gasteiger partial charge on any atom is 0.417 e. The molecule has 0 bridgehead atoms. The Morgan fingerprint density at radius 1 is 0.438 bits per heavy atom. The van der Waals surface area contributed by atoms with Crippen LogP contribution in [0.4, 0.5) is 0 Å². The molecule has 0 saturated carbocycles. The zero-order chi connectivity index (χ0) is 23.9. The molecule has 0 radical (unpaired) electrons. The van der Waals surface area contributed by atoms with Crippen molar-refractivity contribution in [3.05, 3.63) is 0 Å². The fourth-order valence-corrected chi connectivity index (χ4v) is 3.88. The van der Waals surface area contributed by atoms with Crippen molar-refractivity contribution < 1.29 is 19.1 Å². The monoisotopic (exact) mass is 454 g/mol. The summed E-state index contributed by atoms with van der Waals surface area (Å²) in [5.41, 5.74) is 0. The molecule has 0 unspecified atom stereocenters. The minimum Gasteiger partial charge on any atom is -0.457 e. The van der Waals surface area contributed by atoms with E-state index in [0.717, 1.165) is 37.5 Å². The van der Waals surface area contributed by atoms with E-state index >= 15 is 0 Å². The SMILES string of the molecule is CC(C)CCCCCCCCCCOC(=O)C(=O)OCCCCCCCCCCC(C)C. The van der Waals surface area contributed by atoms with Crippen molar-refractivity contribution in [2.75, 3.05) is 13.2 Å². The van der Waals surface area contributed by atoms with Gasteiger partial charge in [-0.3, -0.25) is 0 Å². The van der Waals surface area contributed by atoms with Gasteiger partial charge in [0.2, 0.25) is 0 Å². The van der Waals surface area contributed by atoms with Crippen molar-refractivity contribution in [3.8, 4) is 0 Å². The molecule has 0 spiro atoms. The largest absolute Gasteiger partial charge is 0.457 e. The number of hydrogen-bond donors (Lipinski definition) is 0. The molecule has 0 heterocycles. The molecule has 0 N–H and O–H groups in total. The summed E-state index contributed by atoms with van der Waals surface area (Å²) in [5.74, 6) is -0.0360. The number of carbonyl (C=O) groups excluding carboxylic acids is 2. The summed E-state index contributed by atoms with van der Waals surface area (Å²) >= 11 is 0. The van der Waals surface area contributed by atoms with Crippen LogP contribution >= 0.6 is 0 Å². The lowest BCUT2D eigenvalue weighted by molar-refractivity contribution is -0.167. The number of ether oxygens (including phenoxy) is 2. The lowest BCUT2D eigenvalue weighted by Gasteiger charge is -2.07. The molecular formula is C28H54O4. The van der Waals surface area contributed by atoms with Crippen LogP contribution in [0.5, 0.6) is 0 Å². The third-order valence-electron chi connectivity index (χ3n) is 5.98. The van der Waals surface area contributed by atoms with Crippen LogP contribution in [-0.2, 0) is 19.1 Å². The van der Waals surface area contributed by atoms with Gasteiger partial charge in [0.25, 0.3) is 0 Å². The highest BCUT2D eigenvalue weighted by Gasteiger charge is 2.16. The predicted octanol–water partition coefficient (Wildman–Crippen LogP) is 8.41. The van der Waals surface area contributed by atoms with E-state index in [1.165, 1.54) is 89.9 Å². The van der Waals surface area contributed by atoms with Gasteiger partial charge in [-0.05, 0) is 24.7 Å². The summed E-state index contributed by atoms with van der Waals surface area (Å²) in [6.45, 7) is 9.77. The fraction of sp³-hybridized carbons (Fsp3) is 0.929. The quantitative estimate of drug-likeness (QED) is 0.0935. The average Bonchev–Trinajstić information content (AvgIpc) is 2.74. The molecule has 0 atom stereocenters. The van der Waals surface area contributed by atoms with E-state index in [4.69, 9.17) is 9.47 Å². The van der Waals surface area contributed by atoms with Crippen molar-refractivity contribution >= 4 is 11.9 Å². The Kier molecular flexibility index (Phi) is 22.3. The molecule has 0 aliphatic rings. The first-order chi connectivity index (χ1) is 15.4. The summed E-state index contributed by atoms with van der Waals surface area (Å²) in [5, 5.41) is 0. The standard InChI is InChI=1S/C28H54O4/c1-25(2)21-17-13-9-5-7-11-15-19-23-31-27(29)28(30)32-24-20-16-12-8-6-10-14-18-22-26(3)4/h25-26H,5-24H2,1-4H3. The third kappa shape index (κ3) is 23.6. The van der Waals surface area contributed by atoms with Crippen LogP contribution in [0, 0.1) is 11.8 Å². The second-order valence-corrected chi connectivity index (χ2v) is 10.3. The highest BCUT2D eigenvalue weighted by atomic mass is 16.6. The molecule has 0 amide bonds. The van der Waals surface area contributed by atoms with Crippen molar-refractivity contribution in [2.45, 2.75) is 143 Å². The van der Waals surface area contributed by atoms with Crippen molar-refractivity contribution in [3.63, 3.8) is 0 Å². The number of unbranched alkanes of at least 4 members (excludes halogenated alkanes) is 14. The highest BCUT2D eigenvalue weighted by Crippen LogP contribution is 2.13. The number of esters is 2. The first-order valence-corrected chi connectivity index (χ1v) is 13.8. The molecule has 0 aromatic rings. The van der Waals surface area contributed by atoms with Crippen LogP contribution in [0.25, 0.3) is 0 Å². The molecule has 0 rings (SSSR count). The van der Waals surface area contributed by atoms with Crippen molar-refractivity contribution in [1.82, 2.24) is 0 Å². The van der Waals surface area contributed by atoms with Crippen LogP contribution in [0.3, 0.4) is 0 Å². The Balaban J connectivity index is 3.34. The molecule has 0 aromatic carbocycles. The first-order valence-electron chi connectivity index (χ1n) is 13.8. The maximum absolute atomic E-state index is 11.7. The van der Waals surface area contributed by atoms with Gasteiger partial charge in [0.05, 0.1) is 13.2 Å². The Bertz CT molecular complexity index is 391. The van der Waals surface area contributed by atoms with Gasteiger partial charge in [-0.1, -0.05) is 130 Å². The predicted molar refractivity (Wildman–Crippen MR) is 135 cm³/mol. The van der Waals surface area contributed by atoms with Crippen LogP contribution in [0.2, 0.25) is 0 Å². The number of rotatable bonds is 22. The van der Waals surface area contributed by atoms with Crippen molar-refractivity contribution in [2.24, 2.45) is 11.8 Å². The second kappa shape index (κ2) is 23.1. The zero-order valence-corrected chi connectivity index (χ0v) is 21.9. The van der Waals surface area contributed by atoms with Gasteiger partial charge in [0, 0.05) is 0 Å². The lowest BCUT2D eigenvalue weighted by Crippen LogP contribution is -2.21. The summed E-state index contributed by atoms with van der Waals surface area (Å²) in [6.07, 6.45) is 21.9. The average molecular weight is 455 g/mol. The molecule has 0 aliphatic carbocycles. The molecule has 0 fully saturated rings. The molecule has 4 nitrogen and oxygen atoms in total. The molecule has 0 aromatic heterocycles. The van der Waals surface area contributed by atoms with Gasteiger partial charge in [0.15, 0.2) is 0 Å². The van der Waals surface area contributed by atoms with E-state index in [0.29, 0.717) is 13.2 Å². The normalized spacial score (nSPS) is 11.3. The van der Waals surface area contributed by atoms with Crippen LogP contribution in [0.15, 0.2) is 0 Å². The highest BCUT2D eigenvalue weighted by molar-refractivity contribution is 6.29. The van der Waals surface area contributed by atoms with E-state index < -0.39 is 11.9 Å². The van der Waals surface area contributed by atoms with Gasteiger partial charge >= 0.3 is 11.9 Å². The molecular weight excluding hydrogens is 400 g/mol. The Morgan fingerprint density at radius 3 is 0.969 bits per heavy atom. The van der Waals surface area contributed by atoms with E-state index in [1.54, 1.807) is 0 Å². The molecule has 32 heavy (non-hydrogen) atoms. The maximum atomic E-state index is 11.7. The minimum absolute atomic E-state index is 0.319. The fourth-order valence-electron chi connectivity index (χ4n) is 3.88. The van der Waals surface area contributed by atoms with E-state index in [1.807, 2.05) is 0 Å². The van der Waals surface area contributed by atoms with Crippen LogP contribution in [0.1, 0.15) is 143 Å². The molecule has 0 saturated heterocycles. The van der Waals surface area contributed by atoms with Gasteiger partial charge < -0.3 is 9.47 Å². The Labute approximate surface area is 199 Å². The number of carbonyl (C=O) groups is 2. The molecule has 190 valence electrons. The summed E-state index contributed by atoms with van der Waals surface area (Å²) < 4.78 is 10.1. The Hall–Kier alpha value is -1.06. The van der Waals surface area contributed by atoms with Crippen molar-refractivity contribution in [1.29, 1.82) is 0 Å². The van der Waals surface area contributed by atoms with Gasteiger partial charge in [-0.15, -0.1) is 0 Å². The van der Waals surface area contributed by atoms with E-state index in [-0.39, 0.29) is 0 Å². The Morgan fingerprint density at radius 2 is 0.688 bits per heavy atom. The number of hydrogen-bond acceptors (Lipinski definition) is 4. The van der Waals surface area contributed by atoms with Crippen LogP contribution in [-0.4, -0.2) is 25.2 Å². The minimum atomic E-state index is -0.837. The smallest absolute Gasteiger partial charge is 0.417 e. The summed E-state index contributed by atoms with van der Waals surface area (Å²) in [6, 6.07) is 0. The second-order valence-electron chi connectivity index (χ2n) is 10.3. The van der Waals surface area contributed by atoms with E-state index in [2.05, 4.69) is 27.7 Å². The van der Waals surface area contributed by atoms with Gasteiger partial charge in [0.1, 0.15) is 0 Å². The summed E-state index contributed by atoms with van der Waals surface area (Å²) in [7, 11) is 0. The van der Waals surface area contributed by atoms with Crippen LogP contribution < -0.4 is 0 Å². The molecule has 0 aliphatic heterocycles. The molecule has 4 heteroatoms. The van der Waals surface area contributed by atoms with E-state index in [9.17, 15) is 9.59 Å². The third-order valence-corrected chi connectivity index (χ3v) is 5.98. The zero-order valence-electron chi connectivity index (χ0n) is 21.9. The van der Waals surface area contributed by atoms with Gasteiger partial charge in [-0.25, -0.2) is 9.59 Å². The van der Waals surface area contributed by atoms with Gasteiger partial charge in [-0.2, -0.15) is 0 Å².